The predicted octanol–water partition coefficient (Wildman–Crippen LogP) is 5.64. The first-order chi connectivity index (χ1) is 13.1. The Hall–Kier alpha value is -2.50. The molecule has 1 aliphatic heterocycles. The van der Waals surface area contributed by atoms with Crippen LogP contribution in [0, 0.1) is 0 Å². The van der Waals surface area contributed by atoms with Crippen molar-refractivity contribution in [3.8, 4) is 21.9 Å². The smallest absolute Gasteiger partial charge is 0.268 e. The van der Waals surface area contributed by atoms with Gasteiger partial charge in [-0.15, -0.1) is 11.3 Å². The molecule has 0 N–H and O–H groups in total. The number of para-hydroxylation sites is 1. The molecule has 6 heteroatoms. The summed E-state index contributed by atoms with van der Waals surface area (Å²) in [7, 11) is 1.59. The van der Waals surface area contributed by atoms with E-state index in [1.807, 2.05) is 37.3 Å². The van der Waals surface area contributed by atoms with Gasteiger partial charge in [-0.3, -0.25) is 4.79 Å². The second-order valence-corrected chi connectivity index (χ2v) is 7.60. The number of carbonyl (C=O) groups is 1. The zero-order valence-corrected chi connectivity index (χ0v) is 16.6. The van der Waals surface area contributed by atoms with Gasteiger partial charge in [-0.2, -0.15) is 0 Å². The summed E-state index contributed by atoms with van der Waals surface area (Å²) < 4.78 is 11.2. The standard InChI is InChI=1S/C21H18ClNO3S/c1-3-23(16-11-14(22)8-9-18(16)25-2)21(24)19-10-13-12-26-17-7-5-4-6-15(17)20(13)27-19/h4-11H,3,12H2,1-2H3. The first kappa shape index (κ1) is 17.9. The number of fused-ring (bicyclic) bond motifs is 3. The van der Waals surface area contributed by atoms with E-state index < -0.39 is 0 Å². The number of nitrogens with zero attached hydrogens (tertiary/aromatic N) is 1. The van der Waals surface area contributed by atoms with Crippen molar-refractivity contribution in [2.75, 3.05) is 18.6 Å². The van der Waals surface area contributed by atoms with Crippen LogP contribution in [0.2, 0.25) is 5.02 Å². The molecule has 0 aliphatic carbocycles. The number of carbonyl (C=O) groups excluding carboxylic acids is 1. The molecule has 0 unspecified atom stereocenters. The number of rotatable bonds is 4. The zero-order valence-electron chi connectivity index (χ0n) is 15.0. The normalized spacial score (nSPS) is 12.0. The molecule has 0 bridgehead atoms. The number of halogens is 1. The van der Waals surface area contributed by atoms with Crippen molar-refractivity contribution in [1.82, 2.24) is 0 Å². The molecule has 3 aromatic rings. The number of hydrogen-bond acceptors (Lipinski definition) is 4. The molecule has 2 aromatic carbocycles. The van der Waals surface area contributed by atoms with Crippen LogP contribution in [0.1, 0.15) is 22.2 Å². The first-order valence-electron chi connectivity index (χ1n) is 8.62. The van der Waals surface area contributed by atoms with Crippen LogP contribution >= 0.6 is 22.9 Å². The highest BCUT2D eigenvalue weighted by atomic mass is 35.5. The highest BCUT2D eigenvalue weighted by molar-refractivity contribution is 7.17. The van der Waals surface area contributed by atoms with Crippen LogP contribution in [0.4, 0.5) is 5.69 Å². The minimum atomic E-state index is -0.0741. The Labute approximate surface area is 166 Å². The van der Waals surface area contributed by atoms with Gasteiger partial charge in [-0.05, 0) is 43.3 Å². The fraction of sp³-hybridized carbons (Fsp3) is 0.190. The highest BCUT2D eigenvalue weighted by Crippen LogP contribution is 2.43. The maximum absolute atomic E-state index is 13.3. The van der Waals surface area contributed by atoms with Crippen molar-refractivity contribution >= 4 is 34.5 Å². The number of amides is 1. The summed E-state index contributed by atoms with van der Waals surface area (Å²) in [6.07, 6.45) is 0. The van der Waals surface area contributed by atoms with Crippen LogP contribution in [-0.4, -0.2) is 19.6 Å². The summed E-state index contributed by atoms with van der Waals surface area (Å²) in [4.78, 5) is 16.7. The van der Waals surface area contributed by atoms with Gasteiger partial charge in [0, 0.05) is 27.6 Å². The minimum absolute atomic E-state index is 0.0741. The van der Waals surface area contributed by atoms with Crippen molar-refractivity contribution in [2.24, 2.45) is 0 Å². The van der Waals surface area contributed by atoms with Crippen LogP contribution in [-0.2, 0) is 6.61 Å². The Balaban J connectivity index is 1.74. The first-order valence-corrected chi connectivity index (χ1v) is 9.82. The summed E-state index contributed by atoms with van der Waals surface area (Å²) in [5, 5.41) is 0.560. The van der Waals surface area contributed by atoms with E-state index in [1.165, 1.54) is 11.3 Å². The fourth-order valence-electron chi connectivity index (χ4n) is 3.24. The molecule has 4 rings (SSSR count). The van der Waals surface area contributed by atoms with E-state index in [2.05, 4.69) is 0 Å². The Bertz CT molecular complexity index is 1010. The lowest BCUT2D eigenvalue weighted by molar-refractivity contribution is 0.0991. The highest BCUT2D eigenvalue weighted by Gasteiger charge is 2.26. The SMILES string of the molecule is CCN(C(=O)c1cc2c(s1)-c1ccccc1OC2)c1cc(Cl)ccc1OC. The molecule has 2 heterocycles. The number of anilines is 1. The van der Waals surface area contributed by atoms with Crippen molar-refractivity contribution in [1.29, 1.82) is 0 Å². The van der Waals surface area contributed by atoms with Gasteiger partial charge in [0.05, 0.1) is 17.7 Å². The maximum Gasteiger partial charge on any atom is 0.268 e. The summed E-state index contributed by atoms with van der Waals surface area (Å²) in [5.41, 5.74) is 2.74. The van der Waals surface area contributed by atoms with Crippen molar-refractivity contribution < 1.29 is 14.3 Å². The third kappa shape index (κ3) is 3.17. The lowest BCUT2D eigenvalue weighted by atomic mass is 10.1. The minimum Gasteiger partial charge on any atom is -0.495 e. The molecule has 138 valence electrons. The number of methoxy groups -OCH3 is 1. The Morgan fingerprint density at radius 1 is 1.26 bits per heavy atom. The average Bonchev–Trinajstić information content (AvgIpc) is 3.13. The zero-order chi connectivity index (χ0) is 19.0. The Kier molecular flexibility index (Phi) is 4.81. The second kappa shape index (κ2) is 7.25. The summed E-state index contributed by atoms with van der Waals surface area (Å²) in [6, 6.07) is 15.1. The number of hydrogen-bond donors (Lipinski definition) is 0. The lowest BCUT2D eigenvalue weighted by Crippen LogP contribution is -2.30. The van der Waals surface area contributed by atoms with Gasteiger partial charge in [0.1, 0.15) is 18.1 Å². The van der Waals surface area contributed by atoms with Gasteiger partial charge in [0.25, 0.3) is 5.91 Å². The molecule has 0 spiro atoms. The maximum atomic E-state index is 13.3. The number of thiophene rings is 1. The molecule has 0 saturated carbocycles. The summed E-state index contributed by atoms with van der Waals surface area (Å²) in [5.74, 6) is 1.40. The second-order valence-electron chi connectivity index (χ2n) is 6.12. The average molecular weight is 400 g/mol. The van der Waals surface area contributed by atoms with E-state index in [9.17, 15) is 4.79 Å². The fourth-order valence-corrected chi connectivity index (χ4v) is 4.55. The molecular formula is C21H18ClNO3S. The van der Waals surface area contributed by atoms with E-state index in [0.29, 0.717) is 34.5 Å². The van der Waals surface area contributed by atoms with Gasteiger partial charge >= 0.3 is 0 Å². The third-order valence-corrected chi connectivity index (χ3v) is 5.96. The van der Waals surface area contributed by atoms with Crippen molar-refractivity contribution in [3.05, 3.63) is 64.0 Å². The molecule has 1 aromatic heterocycles. The molecule has 0 atom stereocenters. The van der Waals surface area contributed by atoms with Gasteiger partial charge in [0.15, 0.2) is 0 Å². The lowest BCUT2D eigenvalue weighted by Gasteiger charge is -2.22. The summed E-state index contributed by atoms with van der Waals surface area (Å²) in [6.45, 7) is 2.91. The van der Waals surface area contributed by atoms with Crippen LogP contribution < -0.4 is 14.4 Å². The van der Waals surface area contributed by atoms with Crippen LogP contribution in [0.3, 0.4) is 0 Å². The van der Waals surface area contributed by atoms with E-state index >= 15 is 0 Å². The molecule has 1 amide bonds. The van der Waals surface area contributed by atoms with Gasteiger partial charge < -0.3 is 14.4 Å². The van der Waals surface area contributed by atoms with Crippen molar-refractivity contribution in [3.63, 3.8) is 0 Å². The largest absolute Gasteiger partial charge is 0.495 e. The van der Waals surface area contributed by atoms with E-state index in [1.54, 1.807) is 30.2 Å². The molecule has 0 fully saturated rings. The molecule has 1 aliphatic rings. The van der Waals surface area contributed by atoms with E-state index in [0.717, 1.165) is 21.8 Å². The molecular weight excluding hydrogens is 382 g/mol. The molecule has 4 nitrogen and oxygen atoms in total. The Morgan fingerprint density at radius 2 is 2.07 bits per heavy atom. The third-order valence-electron chi connectivity index (χ3n) is 4.53. The molecule has 27 heavy (non-hydrogen) atoms. The van der Waals surface area contributed by atoms with E-state index in [4.69, 9.17) is 21.1 Å². The number of ether oxygens (including phenoxy) is 2. The van der Waals surface area contributed by atoms with E-state index in [-0.39, 0.29) is 5.91 Å². The topological polar surface area (TPSA) is 38.8 Å². The van der Waals surface area contributed by atoms with Gasteiger partial charge in [0.2, 0.25) is 0 Å². The van der Waals surface area contributed by atoms with Crippen LogP contribution in [0.5, 0.6) is 11.5 Å². The van der Waals surface area contributed by atoms with Gasteiger partial charge in [-0.25, -0.2) is 0 Å². The monoisotopic (exact) mass is 399 g/mol. The number of benzene rings is 2. The quantitative estimate of drug-likeness (QED) is 0.570. The van der Waals surface area contributed by atoms with Gasteiger partial charge in [-0.1, -0.05) is 23.7 Å². The van der Waals surface area contributed by atoms with Crippen LogP contribution in [0.15, 0.2) is 48.5 Å². The Morgan fingerprint density at radius 3 is 2.85 bits per heavy atom. The summed E-state index contributed by atoms with van der Waals surface area (Å²) >= 11 is 7.65. The van der Waals surface area contributed by atoms with Crippen molar-refractivity contribution in [2.45, 2.75) is 13.5 Å². The molecule has 0 radical (unpaired) electrons. The van der Waals surface area contributed by atoms with Crippen LogP contribution in [0.25, 0.3) is 10.4 Å². The molecule has 0 saturated heterocycles. The predicted molar refractivity (Wildman–Crippen MR) is 109 cm³/mol.